The van der Waals surface area contributed by atoms with E-state index >= 15 is 0 Å². The molecule has 2 rings (SSSR count). The molecule has 0 saturated carbocycles. The van der Waals surface area contributed by atoms with E-state index in [0.29, 0.717) is 6.04 Å². The average Bonchev–Trinajstić information content (AvgIpc) is 2.97. The third-order valence-electron chi connectivity index (χ3n) is 2.77. The number of nitrogens with one attached hydrogen (secondary N) is 1. The van der Waals surface area contributed by atoms with Gasteiger partial charge in [-0.3, -0.25) is 4.68 Å². The monoisotopic (exact) mass is 233 g/mol. The number of hydrogen-bond donors (Lipinski definition) is 1. The van der Waals surface area contributed by atoms with E-state index in [1.54, 1.807) is 6.26 Å². The fourth-order valence-electron chi connectivity index (χ4n) is 1.66. The highest BCUT2D eigenvalue weighted by molar-refractivity contribution is 5.07. The summed E-state index contributed by atoms with van der Waals surface area (Å²) in [6.45, 7) is 7.13. The van der Waals surface area contributed by atoms with E-state index in [0.717, 1.165) is 12.3 Å². The van der Waals surface area contributed by atoms with Gasteiger partial charge in [0.05, 0.1) is 18.5 Å². The fraction of sp³-hybridized carbons (Fsp3) is 0.462. The summed E-state index contributed by atoms with van der Waals surface area (Å²) in [6.07, 6.45) is 5.68. The van der Waals surface area contributed by atoms with Crippen LogP contribution in [0.4, 0.5) is 0 Å². The van der Waals surface area contributed by atoms with Gasteiger partial charge in [-0.05, 0) is 32.9 Å². The smallest absolute Gasteiger partial charge is 0.120 e. The van der Waals surface area contributed by atoms with E-state index in [1.807, 2.05) is 23.0 Å². The molecule has 2 aromatic rings. The Morgan fingerprint density at radius 3 is 2.82 bits per heavy atom. The van der Waals surface area contributed by atoms with Crippen LogP contribution in [0.15, 0.2) is 35.2 Å². The lowest BCUT2D eigenvalue weighted by Gasteiger charge is -2.09. The Hall–Kier alpha value is -1.55. The Morgan fingerprint density at radius 2 is 2.24 bits per heavy atom. The number of rotatable bonds is 5. The zero-order valence-corrected chi connectivity index (χ0v) is 10.6. The number of hydrogen-bond acceptors (Lipinski definition) is 3. The molecule has 17 heavy (non-hydrogen) atoms. The predicted octanol–water partition coefficient (Wildman–Crippen LogP) is 2.91. The molecule has 1 N–H and O–H groups in total. The Labute approximate surface area is 102 Å². The first kappa shape index (κ1) is 11.9. The highest BCUT2D eigenvalue weighted by Crippen LogP contribution is 2.13. The van der Waals surface area contributed by atoms with E-state index in [-0.39, 0.29) is 6.04 Å². The molecular formula is C13H19N3O. The summed E-state index contributed by atoms with van der Waals surface area (Å²) in [4.78, 5) is 0. The quantitative estimate of drug-likeness (QED) is 0.863. The fourth-order valence-corrected chi connectivity index (χ4v) is 1.66. The molecule has 0 aliphatic heterocycles. The van der Waals surface area contributed by atoms with Gasteiger partial charge in [0.25, 0.3) is 0 Å². The Balaban J connectivity index is 1.89. The Kier molecular flexibility index (Phi) is 3.64. The van der Waals surface area contributed by atoms with Crippen LogP contribution in [0.1, 0.15) is 44.2 Å². The number of furan rings is 1. The summed E-state index contributed by atoms with van der Waals surface area (Å²) < 4.78 is 7.31. The summed E-state index contributed by atoms with van der Waals surface area (Å²) in [5.41, 5.74) is 1.19. The van der Waals surface area contributed by atoms with Crippen LogP contribution >= 0.6 is 0 Å². The largest absolute Gasteiger partial charge is 0.468 e. The topological polar surface area (TPSA) is 43.0 Å². The van der Waals surface area contributed by atoms with Crippen LogP contribution < -0.4 is 5.32 Å². The minimum Gasteiger partial charge on any atom is -0.468 e. The molecular weight excluding hydrogens is 214 g/mol. The average molecular weight is 233 g/mol. The van der Waals surface area contributed by atoms with Crippen molar-refractivity contribution in [3.63, 3.8) is 0 Å². The van der Waals surface area contributed by atoms with Gasteiger partial charge in [-0.25, -0.2) is 0 Å². The molecule has 4 nitrogen and oxygen atoms in total. The molecule has 0 aromatic carbocycles. The normalized spacial score (nSPS) is 13.2. The second-order valence-electron chi connectivity index (χ2n) is 4.54. The summed E-state index contributed by atoms with van der Waals surface area (Å²) in [5.74, 6) is 0.959. The molecule has 0 unspecified atom stereocenters. The van der Waals surface area contributed by atoms with E-state index in [9.17, 15) is 0 Å². The van der Waals surface area contributed by atoms with Gasteiger partial charge in [0, 0.05) is 24.3 Å². The minimum absolute atomic E-state index is 0.215. The van der Waals surface area contributed by atoms with E-state index in [1.165, 1.54) is 5.56 Å². The van der Waals surface area contributed by atoms with Crippen molar-refractivity contribution in [2.75, 3.05) is 0 Å². The zero-order chi connectivity index (χ0) is 12.3. The molecule has 0 fully saturated rings. The van der Waals surface area contributed by atoms with Crippen molar-refractivity contribution in [2.24, 2.45) is 0 Å². The van der Waals surface area contributed by atoms with E-state index in [2.05, 4.69) is 37.4 Å². The van der Waals surface area contributed by atoms with Crippen molar-refractivity contribution in [3.8, 4) is 0 Å². The van der Waals surface area contributed by atoms with Crippen molar-refractivity contribution in [3.05, 3.63) is 42.1 Å². The zero-order valence-electron chi connectivity index (χ0n) is 10.6. The Bertz CT molecular complexity index is 445. The molecule has 0 saturated heterocycles. The molecule has 2 heterocycles. The summed E-state index contributed by atoms with van der Waals surface area (Å²) in [7, 11) is 0. The lowest BCUT2D eigenvalue weighted by atomic mass is 10.2. The van der Waals surface area contributed by atoms with Gasteiger partial charge in [0.1, 0.15) is 5.76 Å². The lowest BCUT2D eigenvalue weighted by Crippen LogP contribution is -2.17. The highest BCUT2D eigenvalue weighted by Gasteiger charge is 2.08. The molecule has 0 aliphatic carbocycles. The molecule has 4 heteroatoms. The molecule has 1 atom stereocenters. The van der Waals surface area contributed by atoms with Crippen molar-refractivity contribution < 1.29 is 4.42 Å². The summed E-state index contributed by atoms with van der Waals surface area (Å²) in [6, 6.07) is 4.51. The van der Waals surface area contributed by atoms with Gasteiger partial charge in [0.2, 0.25) is 0 Å². The first-order valence-corrected chi connectivity index (χ1v) is 5.96. The van der Waals surface area contributed by atoms with Crippen molar-refractivity contribution in [2.45, 2.75) is 39.4 Å². The molecule has 0 bridgehead atoms. The van der Waals surface area contributed by atoms with Gasteiger partial charge in [-0.1, -0.05) is 0 Å². The van der Waals surface area contributed by atoms with Crippen molar-refractivity contribution in [1.82, 2.24) is 15.1 Å². The standard InChI is InChI=1S/C13H19N3O/c1-10(2)16-9-12(8-15-16)7-14-11(3)13-5-4-6-17-13/h4-6,8-11,14H,7H2,1-3H3/t11-/m0/s1. The van der Waals surface area contributed by atoms with Crippen molar-refractivity contribution in [1.29, 1.82) is 0 Å². The van der Waals surface area contributed by atoms with Crippen LogP contribution in [0.2, 0.25) is 0 Å². The van der Waals surface area contributed by atoms with Crippen LogP contribution in [0.25, 0.3) is 0 Å². The first-order chi connectivity index (χ1) is 8.16. The van der Waals surface area contributed by atoms with Crippen LogP contribution in [-0.4, -0.2) is 9.78 Å². The molecule has 0 aliphatic rings. The van der Waals surface area contributed by atoms with Gasteiger partial charge < -0.3 is 9.73 Å². The van der Waals surface area contributed by atoms with Crippen LogP contribution in [-0.2, 0) is 6.54 Å². The lowest BCUT2D eigenvalue weighted by molar-refractivity contribution is 0.430. The molecule has 92 valence electrons. The SMILES string of the molecule is CC(C)n1cc(CN[C@@H](C)c2ccco2)cn1. The second-order valence-corrected chi connectivity index (χ2v) is 4.54. The van der Waals surface area contributed by atoms with Crippen LogP contribution in [0, 0.1) is 0 Å². The second kappa shape index (κ2) is 5.19. The molecule has 0 amide bonds. The summed E-state index contributed by atoms with van der Waals surface area (Å²) >= 11 is 0. The van der Waals surface area contributed by atoms with Crippen LogP contribution in [0.3, 0.4) is 0 Å². The maximum Gasteiger partial charge on any atom is 0.120 e. The molecule has 2 aromatic heterocycles. The summed E-state index contributed by atoms with van der Waals surface area (Å²) in [5, 5.41) is 7.72. The maximum atomic E-state index is 5.34. The van der Waals surface area contributed by atoms with Gasteiger partial charge >= 0.3 is 0 Å². The molecule has 0 radical (unpaired) electrons. The van der Waals surface area contributed by atoms with Crippen molar-refractivity contribution >= 4 is 0 Å². The van der Waals surface area contributed by atoms with Gasteiger partial charge in [-0.2, -0.15) is 5.10 Å². The molecule has 0 spiro atoms. The van der Waals surface area contributed by atoms with Crippen LogP contribution in [0.5, 0.6) is 0 Å². The first-order valence-electron chi connectivity index (χ1n) is 5.96. The van der Waals surface area contributed by atoms with E-state index < -0.39 is 0 Å². The van der Waals surface area contributed by atoms with Gasteiger partial charge in [0.15, 0.2) is 0 Å². The number of aromatic nitrogens is 2. The number of nitrogens with zero attached hydrogens (tertiary/aromatic N) is 2. The highest BCUT2D eigenvalue weighted by atomic mass is 16.3. The Morgan fingerprint density at radius 1 is 1.41 bits per heavy atom. The van der Waals surface area contributed by atoms with Gasteiger partial charge in [-0.15, -0.1) is 0 Å². The minimum atomic E-state index is 0.215. The third kappa shape index (κ3) is 2.97. The predicted molar refractivity (Wildman–Crippen MR) is 66.6 cm³/mol. The maximum absolute atomic E-state index is 5.34. The van der Waals surface area contributed by atoms with E-state index in [4.69, 9.17) is 4.42 Å². The third-order valence-corrected chi connectivity index (χ3v) is 2.77.